The highest BCUT2D eigenvalue weighted by Crippen LogP contribution is 2.46. The standard InChI is InChI=1S/C47H29N3O2/c1-2-12-31-30(11-1)27-39(34-14-4-3-13-33(31)34)47-49-45(48-46(50-47)38-19-9-18-36-35-15-5-7-20-40(35)52-44(36)38)29-25-23-28(24-26-29)32-17-10-22-42-43(32)37-16-6-8-21-41(37)51-42/h1-27,33-34H. The lowest BCUT2D eigenvalue weighted by Crippen LogP contribution is -2.19. The van der Waals surface area contributed by atoms with Gasteiger partial charge in [-0.05, 0) is 52.6 Å². The summed E-state index contributed by atoms with van der Waals surface area (Å²) in [6.07, 6.45) is 11.1. The molecule has 0 N–H and O–H groups in total. The van der Waals surface area contributed by atoms with Gasteiger partial charge in [0.25, 0.3) is 0 Å². The summed E-state index contributed by atoms with van der Waals surface area (Å²) < 4.78 is 12.7. The number of hydrogen-bond donors (Lipinski definition) is 0. The van der Waals surface area contributed by atoms with Gasteiger partial charge in [0.2, 0.25) is 0 Å². The number of fused-ring (bicyclic) bond motifs is 9. The molecule has 52 heavy (non-hydrogen) atoms. The molecule has 0 fully saturated rings. The molecular formula is C47H29N3O2. The van der Waals surface area contributed by atoms with Crippen molar-refractivity contribution < 1.29 is 8.83 Å². The first-order chi connectivity index (χ1) is 25.8. The summed E-state index contributed by atoms with van der Waals surface area (Å²) in [5.41, 5.74) is 10.9. The molecule has 2 aliphatic rings. The molecule has 0 spiro atoms. The van der Waals surface area contributed by atoms with Gasteiger partial charge in [-0.3, -0.25) is 0 Å². The van der Waals surface area contributed by atoms with E-state index in [-0.39, 0.29) is 11.8 Å². The van der Waals surface area contributed by atoms with E-state index in [1.54, 1.807) is 0 Å². The van der Waals surface area contributed by atoms with E-state index in [0.717, 1.165) is 71.7 Å². The Labute approximate surface area is 298 Å². The number of nitrogens with zero attached hydrogens (tertiary/aromatic N) is 3. The van der Waals surface area contributed by atoms with Crippen molar-refractivity contribution in [1.29, 1.82) is 0 Å². The number of rotatable bonds is 4. The van der Waals surface area contributed by atoms with E-state index in [1.165, 1.54) is 11.1 Å². The van der Waals surface area contributed by atoms with Crippen LogP contribution in [0.3, 0.4) is 0 Å². The molecule has 3 aromatic heterocycles. The summed E-state index contributed by atoms with van der Waals surface area (Å²) in [6, 6.07) is 45.9. The van der Waals surface area contributed by atoms with Gasteiger partial charge in [-0.2, -0.15) is 0 Å². The molecule has 0 saturated carbocycles. The lowest BCUT2D eigenvalue weighted by atomic mass is 9.72. The molecule has 0 bridgehead atoms. The molecule has 11 rings (SSSR count). The van der Waals surface area contributed by atoms with Crippen molar-refractivity contribution in [2.45, 2.75) is 5.92 Å². The van der Waals surface area contributed by atoms with Crippen LogP contribution in [0.1, 0.15) is 22.9 Å². The fourth-order valence-corrected chi connectivity index (χ4v) is 8.12. The zero-order valence-electron chi connectivity index (χ0n) is 27.9. The fraction of sp³-hybridized carbons (Fsp3) is 0.0426. The summed E-state index contributed by atoms with van der Waals surface area (Å²) >= 11 is 0. The lowest BCUT2D eigenvalue weighted by molar-refractivity contribution is 0.668. The summed E-state index contributed by atoms with van der Waals surface area (Å²) in [5, 5.41) is 4.32. The molecular weight excluding hydrogens is 639 g/mol. The normalized spacial score (nSPS) is 16.4. The Morgan fingerprint density at radius 3 is 1.96 bits per heavy atom. The third-order valence-electron chi connectivity index (χ3n) is 10.6. The molecule has 5 nitrogen and oxygen atoms in total. The molecule has 6 aromatic carbocycles. The van der Waals surface area contributed by atoms with E-state index in [0.29, 0.717) is 17.5 Å². The molecule has 0 radical (unpaired) electrons. The Bertz CT molecular complexity index is 2980. The Morgan fingerprint density at radius 2 is 1.08 bits per heavy atom. The van der Waals surface area contributed by atoms with Gasteiger partial charge in [-0.1, -0.05) is 133 Å². The Kier molecular flexibility index (Phi) is 6.31. The maximum absolute atomic E-state index is 6.48. The van der Waals surface area contributed by atoms with Crippen LogP contribution >= 0.6 is 0 Å². The van der Waals surface area contributed by atoms with Gasteiger partial charge in [0.1, 0.15) is 22.3 Å². The van der Waals surface area contributed by atoms with Crippen LogP contribution in [-0.2, 0) is 0 Å². The number of benzene rings is 6. The summed E-state index contributed by atoms with van der Waals surface area (Å²) in [5.74, 6) is 2.15. The monoisotopic (exact) mass is 667 g/mol. The largest absolute Gasteiger partial charge is 0.456 e. The van der Waals surface area contributed by atoms with Crippen LogP contribution in [0.4, 0.5) is 0 Å². The third-order valence-corrected chi connectivity index (χ3v) is 10.6. The third kappa shape index (κ3) is 4.46. The second-order valence-corrected chi connectivity index (χ2v) is 13.5. The maximum atomic E-state index is 6.48. The second kappa shape index (κ2) is 11.3. The average Bonchev–Trinajstić information content (AvgIpc) is 3.79. The van der Waals surface area contributed by atoms with Gasteiger partial charge in [-0.25, -0.2) is 15.0 Å². The highest BCUT2D eigenvalue weighted by atomic mass is 16.3. The molecule has 0 saturated heterocycles. The van der Waals surface area contributed by atoms with Gasteiger partial charge in [-0.15, -0.1) is 0 Å². The molecule has 3 heterocycles. The van der Waals surface area contributed by atoms with E-state index in [1.807, 2.05) is 42.5 Å². The molecule has 2 aliphatic carbocycles. The van der Waals surface area contributed by atoms with Crippen LogP contribution in [-0.4, -0.2) is 15.0 Å². The zero-order chi connectivity index (χ0) is 34.2. The molecule has 2 unspecified atom stereocenters. The van der Waals surface area contributed by atoms with E-state index >= 15 is 0 Å². The van der Waals surface area contributed by atoms with Crippen LogP contribution in [0.15, 0.2) is 167 Å². The maximum Gasteiger partial charge on any atom is 0.167 e. The molecule has 9 aromatic rings. The van der Waals surface area contributed by atoms with Gasteiger partial charge in [0.05, 0.1) is 5.56 Å². The predicted octanol–water partition coefficient (Wildman–Crippen LogP) is 12.1. The Hall–Kier alpha value is -6.85. The van der Waals surface area contributed by atoms with Crippen molar-refractivity contribution in [2.75, 3.05) is 0 Å². The van der Waals surface area contributed by atoms with Crippen molar-refractivity contribution in [3.63, 3.8) is 0 Å². The minimum absolute atomic E-state index is 0.0950. The van der Waals surface area contributed by atoms with E-state index in [4.69, 9.17) is 23.8 Å². The van der Waals surface area contributed by atoms with Crippen LogP contribution in [0.25, 0.3) is 89.4 Å². The molecule has 0 aliphatic heterocycles. The van der Waals surface area contributed by atoms with Crippen LogP contribution < -0.4 is 0 Å². The fourth-order valence-electron chi connectivity index (χ4n) is 8.12. The van der Waals surface area contributed by atoms with Crippen LogP contribution in [0, 0.1) is 5.92 Å². The van der Waals surface area contributed by atoms with E-state index < -0.39 is 0 Å². The minimum Gasteiger partial charge on any atom is -0.456 e. The lowest BCUT2D eigenvalue weighted by Gasteiger charge is -2.31. The highest BCUT2D eigenvalue weighted by molar-refractivity contribution is 6.12. The quantitative estimate of drug-likeness (QED) is 0.187. The van der Waals surface area contributed by atoms with E-state index in [9.17, 15) is 0 Å². The van der Waals surface area contributed by atoms with Crippen molar-refractivity contribution >= 4 is 55.5 Å². The van der Waals surface area contributed by atoms with E-state index in [2.05, 4.69) is 121 Å². The molecule has 2 atom stereocenters. The molecule has 5 heteroatoms. The minimum atomic E-state index is 0.0950. The Balaban J connectivity index is 1.10. The SMILES string of the molecule is C1=CC2C(c3nc(-c4ccc(-c5cccc6oc7ccccc7c56)cc4)nc(-c4cccc5c4oc4ccccc45)n3)=Cc3ccccc3C2C=C1. The first-order valence-electron chi connectivity index (χ1n) is 17.6. The average molecular weight is 668 g/mol. The Morgan fingerprint density at radius 1 is 0.442 bits per heavy atom. The number of furan rings is 2. The van der Waals surface area contributed by atoms with Crippen molar-refractivity contribution in [3.8, 4) is 33.9 Å². The second-order valence-electron chi connectivity index (χ2n) is 13.5. The topological polar surface area (TPSA) is 65.0 Å². The van der Waals surface area contributed by atoms with Gasteiger partial charge in [0.15, 0.2) is 17.5 Å². The summed E-state index contributed by atoms with van der Waals surface area (Å²) in [6.45, 7) is 0. The van der Waals surface area contributed by atoms with Gasteiger partial charge in [0, 0.05) is 44.5 Å². The van der Waals surface area contributed by atoms with Crippen LogP contribution in [0.5, 0.6) is 0 Å². The van der Waals surface area contributed by atoms with Crippen molar-refractivity contribution in [3.05, 3.63) is 175 Å². The predicted molar refractivity (Wildman–Crippen MR) is 210 cm³/mol. The molecule has 244 valence electrons. The summed E-state index contributed by atoms with van der Waals surface area (Å²) in [7, 11) is 0. The number of hydrogen-bond acceptors (Lipinski definition) is 5. The number of para-hydroxylation sites is 3. The van der Waals surface area contributed by atoms with Gasteiger partial charge < -0.3 is 8.83 Å². The first-order valence-corrected chi connectivity index (χ1v) is 17.6. The van der Waals surface area contributed by atoms with Crippen molar-refractivity contribution in [2.24, 2.45) is 5.92 Å². The highest BCUT2D eigenvalue weighted by Gasteiger charge is 2.32. The first kappa shape index (κ1) is 28.9. The smallest absolute Gasteiger partial charge is 0.167 e. The molecule has 0 amide bonds. The zero-order valence-corrected chi connectivity index (χ0v) is 27.9. The van der Waals surface area contributed by atoms with Crippen molar-refractivity contribution in [1.82, 2.24) is 15.0 Å². The number of aromatic nitrogens is 3. The summed E-state index contributed by atoms with van der Waals surface area (Å²) in [4.78, 5) is 15.6. The van der Waals surface area contributed by atoms with Crippen LogP contribution in [0.2, 0.25) is 0 Å². The van der Waals surface area contributed by atoms with Gasteiger partial charge >= 0.3 is 0 Å². The number of allylic oxidation sites excluding steroid dienone is 5.